The molecule has 0 aliphatic heterocycles. The molecule has 0 aliphatic rings. The van der Waals surface area contributed by atoms with E-state index in [4.69, 9.17) is 0 Å². The Morgan fingerprint density at radius 3 is 2.69 bits per heavy atom. The summed E-state index contributed by atoms with van der Waals surface area (Å²) in [5.74, 6) is 0.0726. The van der Waals surface area contributed by atoms with Crippen molar-refractivity contribution >= 4 is 17.1 Å². The third-order valence-corrected chi connectivity index (χ3v) is 3.19. The van der Waals surface area contributed by atoms with Gasteiger partial charge in [-0.15, -0.1) is 11.3 Å². The van der Waals surface area contributed by atoms with Gasteiger partial charge in [0, 0.05) is 5.38 Å². The maximum atomic E-state index is 11.6. The van der Waals surface area contributed by atoms with E-state index < -0.39 is 0 Å². The SMILES string of the molecule is CC(=O)C(Cc1ccccc1)c1cscn1. The number of nitrogens with zero attached hydrogens (tertiary/aromatic N) is 1. The molecule has 82 valence electrons. The van der Waals surface area contributed by atoms with Crippen molar-refractivity contribution in [2.75, 3.05) is 0 Å². The van der Waals surface area contributed by atoms with E-state index in [0.717, 1.165) is 12.1 Å². The van der Waals surface area contributed by atoms with Crippen LogP contribution in [0.15, 0.2) is 41.2 Å². The van der Waals surface area contributed by atoms with Crippen molar-refractivity contribution in [1.29, 1.82) is 0 Å². The summed E-state index contributed by atoms with van der Waals surface area (Å²) in [4.78, 5) is 15.8. The van der Waals surface area contributed by atoms with E-state index in [1.807, 2.05) is 35.7 Å². The molecule has 2 rings (SSSR count). The lowest BCUT2D eigenvalue weighted by Crippen LogP contribution is -2.12. The van der Waals surface area contributed by atoms with E-state index in [-0.39, 0.29) is 11.7 Å². The number of thiazole rings is 1. The first kappa shape index (κ1) is 11.0. The van der Waals surface area contributed by atoms with Gasteiger partial charge in [0.25, 0.3) is 0 Å². The second kappa shape index (κ2) is 5.03. The van der Waals surface area contributed by atoms with Gasteiger partial charge in [-0.2, -0.15) is 0 Å². The van der Waals surface area contributed by atoms with Gasteiger partial charge < -0.3 is 0 Å². The molecule has 2 aromatic rings. The molecule has 0 aliphatic carbocycles. The van der Waals surface area contributed by atoms with Gasteiger partial charge in [-0.1, -0.05) is 30.3 Å². The smallest absolute Gasteiger partial charge is 0.139 e. The normalized spacial score (nSPS) is 12.3. The van der Waals surface area contributed by atoms with Crippen LogP contribution in [-0.4, -0.2) is 10.8 Å². The number of aromatic nitrogens is 1. The van der Waals surface area contributed by atoms with Gasteiger partial charge in [-0.3, -0.25) is 4.79 Å². The fourth-order valence-corrected chi connectivity index (χ4v) is 2.31. The fraction of sp³-hybridized carbons (Fsp3) is 0.231. The molecule has 0 amide bonds. The lowest BCUT2D eigenvalue weighted by atomic mass is 9.93. The third kappa shape index (κ3) is 2.55. The van der Waals surface area contributed by atoms with Gasteiger partial charge in [-0.25, -0.2) is 4.98 Å². The molecule has 1 aromatic heterocycles. The highest BCUT2D eigenvalue weighted by molar-refractivity contribution is 7.07. The average Bonchev–Trinajstić information content (AvgIpc) is 2.80. The van der Waals surface area contributed by atoms with E-state index in [2.05, 4.69) is 4.98 Å². The number of hydrogen-bond donors (Lipinski definition) is 0. The molecule has 2 nitrogen and oxygen atoms in total. The zero-order chi connectivity index (χ0) is 11.4. The predicted molar refractivity (Wildman–Crippen MR) is 65.7 cm³/mol. The van der Waals surface area contributed by atoms with Crippen molar-refractivity contribution in [3.63, 3.8) is 0 Å². The number of hydrogen-bond acceptors (Lipinski definition) is 3. The largest absolute Gasteiger partial charge is 0.299 e. The zero-order valence-electron chi connectivity index (χ0n) is 9.09. The number of carbonyl (C=O) groups excluding carboxylic acids is 1. The highest BCUT2D eigenvalue weighted by atomic mass is 32.1. The Morgan fingerprint density at radius 2 is 2.12 bits per heavy atom. The molecule has 1 aromatic carbocycles. The van der Waals surface area contributed by atoms with Crippen LogP contribution in [0.25, 0.3) is 0 Å². The van der Waals surface area contributed by atoms with Crippen LogP contribution in [0.1, 0.15) is 24.1 Å². The summed E-state index contributed by atoms with van der Waals surface area (Å²) in [6.45, 7) is 1.63. The Kier molecular flexibility index (Phi) is 3.47. The number of Topliss-reactive ketones (excluding diaryl/α,β-unsaturated/α-hetero) is 1. The summed E-state index contributed by atoms with van der Waals surface area (Å²) in [5, 5.41) is 1.95. The Labute approximate surface area is 99.0 Å². The Bertz CT molecular complexity index is 450. The maximum Gasteiger partial charge on any atom is 0.139 e. The van der Waals surface area contributed by atoms with Crippen molar-refractivity contribution in [2.45, 2.75) is 19.3 Å². The Balaban J connectivity index is 2.19. The molecule has 1 atom stereocenters. The first-order chi connectivity index (χ1) is 7.77. The summed E-state index contributed by atoms with van der Waals surface area (Å²) in [6.07, 6.45) is 0.736. The predicted octanol–water partition coefficient (Wildman–Crippen LogP) is 3.06. The minimum Gasteiger partial charge on any atom is -0.299 e. The monoisotopic (exact) mass is 231 g/mol. The van der Waals surface area contributed by atoms with Crippen LogP contribution in [0, 0.1) is 0 Å². The lowest BCUT2D eigenvalue weighted by molar-refractivity contribution is -0.118. The third-order valence-electron chi connectivity index (χ3n) is 2.58. The quantitative estimate of drug-likeness (QED) is 0.809. The number of ketones is 1. The van der Waals surface area contributed by atoms with Gasteiger partial charge in [0.05, 0.1) is 17.1 Å². The van der Waals surface area contributed by atoms with Crippen LogP contribution in [0.5, 0.6) is 0 Å². The molecule has 16 heavy (non-hydrogen) atoms. The van der Waals surface area contributed by atoms with Crippen molar-refractivity contribution in [1.82, 2.24) is 4.98 Å². The van der Waals surface area contributed by atoms with Crippen LogP contribution >= 0.6 is 11.3 Å². The molecular weight excluding hydrogens is 218 g/mol. The topological polar surface area (TPSA) is 30.0 Å². The minimum atomic E-state index is -0.103. The standard InChI is InChI=1S/C13H13NOS/c1-10(15)12(13-8-16-9-14-13)7-11-5-3-2-4-6-11/h2-6,8-9,12H,7H2,1H3. The van der Waals surface area contributed by atoms with E-state index in [9.17, 15) is 4.79 Å². The lowest BCUT2D eigenvalue weighted by Gasteiger charge is -2.10. The average molecular weight is 231 g/mol. The van der Waals surface area contributed by atoms with Crippen LogP contribution in [0.3, 0.4) is 0 Å². The molecular formula is C13H13NOS. The van der Waals surface area contributed by atoms with Gasteiger partial charge in [-0.05, 0) is 18.9 Å². The molecule has 0 fully saturated rings. The molecule has 0 spiro atoms. The van der Waals surface area contributed by atoms with Gasteiger partial charge in [0.2, 0.25) is 0 Å². The summed E-state index contributed by atoms with van der Waals surface area (Å²) in [6, 6.07) is 10.1. The number of carbonyl (C=O) groups is 1. The molecule has 1 heterocycles. The number of benzene rings is 1. The molecule has 0 saturated heterocycles. The highest BCUT2D eigenvalue weighted by Crippen LogP contribution is 2.21. The van der Waals surface area contributed by atoms with Crippen molar-refractivity contribution in [3.05, 3.63) is 52.5 Å². The molecule has 0 N–H and O–H groups in total. The summed E-state index contributed by atoms with van der Waals surface area (Å²) < 4.78 is 0. The fourth-order valence-electron chi connectivity index (χ4n) is 1.70. The van der Waals surface area contributed by atoms with Crippen LogP contribution < -0.4 is 0 Å². The van der Waals surface area contributed by atoms with Gasteiger partial charge >= 0.3 is 0 Å². The summed E-state index contributed by atoms with van der Waals surface area (Å²) in [5.41, 5.74) is 3.84. The second-order valence-corrected chi connectivity index (χ2v) is 4.48. The van der Waals surface area contributed by atoms with Crippen molar-refractivity contribution in [2.24, 2.45) is 0 Å². The highest BCUT2D eigenvalue weighted by Gasteiger charge is 2.18. The van der Waals surface area contributed by atoms with Gasteiger partial charge in [0.1, 0.15) is 5.78 Å². The van der Waals surface area contributed by atoms with E-state index in [0.29, 0.717) is 0 Å². The Morgan fingerprint density at radius 1 is 1.38 bits per heavy atom. The molecule has 0 saturated carbocycles. The Hall–Kier alpha value is -1.48. The molecule has 3 heteroatoms. The maximum absolute atomic E-state index is 11.6. The summed E-state index contributed by atoms with van der Waals surface area (Å²) >= 11 is 1.53. The van der Waals surface area contributed by atoms with Crippen molar-refractivity contribution < 1.29 is 4.79 Å². The van der Waals surface area contributed by atoms with E-state index in [1.54, 1.807) is 12.4 Å². The first-order valence-corrected chi connectivity index (χ1v) is 6.14. The second-order valence-electron chi connectivity index (χ2n) is 3.77. The van der Waals surface area contributed by atoms with Crippen LogP contribution in [0.2, 0.25) is 0 Å². The van der Waals surface area contributed by atoms with E-state index in [1.165, 1.54) is 16.9 Å². The molecule has 1 unspecified atom stereocenters. The number of rotatable bonds is 4. The van der Waals surface area contributed by atoms with Crippen molar-refractivity contribution in [3.8, 4) is 0 Å². The minimum absolute atomic E-state index is 0.103. The van der Waals surface area contributed by atoms with Crippen LogP contribution in [0.4, 0.5) is 0 Å². The summed E-state index contributed by atoms with van der Waals surface area (Å²) in [7, 11) is 0. The zero-order valence-corrected chi connectivity index (χ0v) is 9.91. The van der Waals surface area contributed by atoms with Crippen LogP contribution in [-0.2, 0) is 11.2 Å². The first-order valence-electron chi connectivity index (χ1n) is 5.20. The van der Waals surface area contributed by atoms with Gasteiger partial charge in [0.15, 0.2) is 0 Å². The van der Waals surface area contributed by atoms with E-state index >= 15 is 0 Å². The molecule has 0 radical (unpaired) electrons. The molecule has 0 bridgehead atoms.